The minimum Gasteiger partial charge on any atom is -0.493 e. The highest BCUT2D eigenvalue weighted by molar-refractivity contribution is 5.99. The first-order valence-corrected chi connectivity index (χ1v) is 7.09. The van der Waals surface area contributed by atoms with E-state index in [0.29, 0.717) is 5.76 Å². The van der Waals surface area contributed by atoms with Crippen molar-refractivity contribution in [3.05, 3.63) is 47.7 Å². The Morgan fingerprint density at radius 3 is 2.57 bits per heavy atom. The summed E-state index contributed by atoms with van der Waals surface area (Å²) < 4.78 is 5.19. The third-order valence-electron chi connectivity index (χ3n) is 4.97. The molecule has 0 radical (unpaired) electrons. The van der Waals surface area contributed by atoms with Crippen LogP contribution in [0.4, 0.5) is 0 Å². The lowest BCUT2D eigenvalue weighted by atomic mass is 9.74. The van der Waals surface area contributed by atoms with E-state index >= 15 is 0 Å². The van der Waals surface area contributed by atoms with Crippen LogP contribution in [0.2, 0.25) is 0 Å². The van der Waals surface area contributed by atoms with E-state index in [2.05, 4.69) is 5.92 Å². The molecule has 3 heteroatoms. The molecule has 0 spiro atoms. The zero-order valence-corrected chi connectivity index (χ0v) is 12.1. The highest BCUT2D eigenvalue weighted by Crippen LogP contribution is 2.57. The second-order valence-corrected chi connectivity index (χ2v) is 5.87. The maximum atomic E-state index is 12.7. The first kappa shape index (κ1) is 13.9. The van der Waals surface area contributed by atoms with Crippen LogP contribution in [-0.2, 0) is 9.53 Å². The smallest absolute Gasteiger partial charge is 0.204 e. The average molecular weight is 282 g/mol. The second kappa shape index (κ2) is 4.75. The van der Waals surface area contributed by atoms with Gasteiger partial charge in [-0.05, 0) is 17.6 Å². The Morgan fingerprint density at radius 2 is 2.00 bits per heavy atom. The molecule has 2 aliphatic carbocycles. The molecule has 0 saturated heterocycles. The number of allylic oxidation sites excluding steroid dienone is 1. The molecule has 1 fully saturated rings. The van der Waals surface area contributed by atoms with E-state index in [1.807, 2.05) is 37.3 Å². The number of methoxy groups -OCH3 is 1. The lowest BCUT2D eigenvalue weighted by Crippen LogP contribution is -2.46. The molecule has 21 heavy (non-hydrogen) atoms. The van der Waals surface area contributed by atoms with Crippen molar-refractivity contribution in [1.82, 2.24) is 0 Å². The van der Waals surface area contributed by atoms with Crippen LogP contribution in [0.15, 0.2) is 42.2 Å². The van der Waals surface area contributed by atoms with Crippen molar-refractivity contribution in [3.8, 4) is 12.3 Å². The SMILES string of the molecule is C#C[C@]1(O)[C@@H]2C(=O)C(OC)=C[C@H]1[C@H](C)[C@H]2c1ccccc1. The fourth-order valence-corrected chi connectivity index (χ4v) is 3.97. The molecule has 108 valence electrons. The van der Waals surface area contributed by atoms with Gasteiger partial charge in [0.2, 0.25) is 5.78 Å². The van der Waals surface area contributed by atoms with Gasteiger partial charge in [-0.3, -0.25) is 4.79 Å². The fourth-order valence-electron chi connectivity index (χ4n) is 3.97. The Balaban J connectivity index is 2.16. The number of aliphatic hydroxyl groups is 1. The van der Waals surface area contributed by atoms with E-state index < -0.39 is 11.5 Å². The molecule has 1 aromatic carbocycles. The number of terminal acetylenes is 1. The molecular weight excluding hydrogens is 264 g/mol. The summed E-state index contributed by atoms with van der Waals surface area (Å²) >= 11 is 0. The largest absolute Gasteiger partial charge is 0.493 e. The molecule has 1 saturated carbocycles. The van der Waals surface area contributed by atoms with E-state index in [1.54, 1.807) is 6.08 Å². The van der Waals surface area contributed by atoms with Crippen LogP contribution in [0.5, 0.6) is 0 Å². The van der Waals surface area contributed by atoms with Gasteiger partial charge in [0.05, 0.1) is 13.0 Å². The monoisotopic (exact) mass is 282 g/mol. The topological polar surface area (TPSA) is 46.5 Å². The highest BCUT2D eigenvalue weighted by atomic mass is 16.5. The number of carbonyl (C=O) groups excluding carboxylic acids is 1. The molecule has 2 aliphatic rings. The molecule has 0 heterocycles. The Hall–Kier alpha value is -2.05. The van der Waals surface area contributed by atoms with Gasteiger partial charge in [0.25, 0.3) is 0 Å². The summed E-state index contributed by atoms with van der Waals surface area (Å²) in [6, 6.07) is 9.78. The number of carbonyl (C=O) groups is 1. The number of Topliss-reactive ketones (excluding diaryl/α,β-unsaturated/α-hetero) is 1. The minimum absolute atomic E-state index is 0.0649. The van der Waals surface area contributed by atoms with E-state index in [0.717, 1.165) is 5.56 Å². The summed E-state index contributed by atoms with van der Waals surface area (Å²) in [6.45, 7) is 2.03. The highest BCUT2D eigenvalue weighted by Gasteiger charge is 2.63. The molecule has 1 aromatic rings. The van der Waals surface area contributed by atoms with Gasteiger partial charge in [-0.1, -0.05) is 43.2 Å². The van der Waals surface area contributed by atoms with Gasteiger partial charge in [-0.25, -0.2) is 0 Å². The minimum atomic E-state index is -1.43. The van der Waals surface area contributed by atoms with Crippen molar-refractivity contribution >= 4 is 5.78 Å². The molecule has 2 bridgehead atoms. The third-order valence-corrected chi connectivity index (χ3v) is 4.97. The molecule has 0 aromatic heterocycles. The maximum Gasteiger partial charge on any atom is 0.204 e. The van der Waals surface area contributed by atoms with E-state index in [-0.39, 0.29) is 23.5 Å². The first-order valence-electron chi connectivity index (χ1n) is 7.09. The van der Waals surface area contributed by atoms with Gasteiger partial charge in [-0.15, -0.1) is 6.42 Å². The molecular formula is C18H18O3. The van der Waals surface area contributed by atoms with Crippen LogP contribution in [0.1, 0.15) is 18.4 Å². The van der Waals surface area contributed by atoms with Gasteiger partial charge in [0, 0.05) is 11.8 Å². The summed E-state index contributed by atoms with van der Waals surface area (Å²) in [5, 5.41) is 10.9. The Morgan fingerprint density at radius 1 is 1.33 bits per heavy atom. The van der Waals surface area contributed by atoms with Crippen molar-refractivity contribution in [3.63, 3.8) is 0 Å². The van der Waals surface area contributed by atoms with Gasteiger partial charge < -0.3 is 9.84 Å². The van der Waals surface area contributed by atoms with Crippen molar-refractivity contribution in [2.75, 3.05) is 7.11 Å². The summed E-state index contributed by atoms with van der Waals surface area (Å²) in [6.07, 6.45) is 7.29. The third kappa shape index (κ3) is 1.76. The predicted molar refractivity (Wildman–Crippen MR) is 79.2 cm³/mol. The molecule has 3 rings (SSSR count). The fraction of sp³-hybridized carbons (Fsp3) is 0.389. The van der Waals surface area contributed by atoms with Crippen LogP contribution in [0.25, 0.3) is 0 Å². The quantitative estimate of drug-likeness (QED) is 0.845. The summed E-state index contributed by atoms with van der Waals surface area (Å²) in [4.78, 5) is 12.7. The first-order chi connectivity index (χ1) is 10.0. The zero-order valence-electron chi connectivity index (χ0n) is 12.1. The second-order valence-electron chi connectivity index (χ2n) is 5.87. The normalized spacial score (nSPS) is 37.8. The molecule has 3 nitrogen and oxygen atoms in total. The molecule has 1 N–H and O–H groups in total. The van der Waals surface area contributed by atoms with E-state index in [1.165, 1.54) is 7.11 Å². The predicted octanol–water partition coefficient (Wildman–Crippen LogP) is 2.13. The van der Waals surface area contributed by atoms with Crippen LogP contribution >= 0.6 is 0 Å². The van der Waals surface area contributed by atoms with E-state index in [9.17, 15) is 9.90 Å². The number of hydrogen-bond acceptors (Lipinski definition) is 3. The van der Waals surface area contributed by atoms with Crippen molar-refractivity contribution in [2.45, 2.75) is 18.4 Å². The standard InChI is InChI=1S/C18H18O3/c1-4-18(20)13-10-14(21-3)17(19)16(18)15(11(13)2)12-8-6-5-7-9-12/h1,5-11,13,15-16,20H,2-3H3/t11-,13-,15-,16-,18+/m0/s1. The Bertz CT molecular complexity index is 640. The summed E-state index contributed by atoms with van der Waals surface area (Å²) in [7, 11) is 1.48. The van der Waals surface area contributed by atoms with Crippen LogP contribution < -0.4 is 0 Å². The zero-order chi connectivity index (χ0) is 15.2. The lowest BCUT2D eigenvalue weighted by Gasteiger charge is -2.33. The van der Waals surface area contributed by atoms with Crippen molar-refractivity contribution in [2.24, 2.45) is 17.8 Å². The Labute approximate surface area is 124 Å². The van der Waals surface area contributed by atoms with Gasteiger partial charge in [0.15, 0.2) is 5.76 Å². The van der Waals surface area contributed by atoms with Crippen LogP contribution in [0.3, 0.4) is 0 Å². The number of hydrogen-bond donors (Lipinski definition) is 1. The molecule has 0 unspecified atom stereocenters. The molecule has 0 aliphatic heterocycles. The van der Waals surface area contributed by atoms with Gasteiger partial charge in [-0.2, -0.15) is 0 Å². The van der Waals surface area contributed by atoms with Crippen LogP contribution in [-0.4, -0.2) is 23.6 Å². The van der Waals surface area contributed by atoms with Gasteiger partial charge >= 0.3 is 0 Å². The average Bonchev–Trinajstić information content (AvgIpc) is 2.65. The van der Waals surface area contributed by atoms with E-state index in [4.69, 9.17) is 11.2 Å². The van der Waals surface area contributed by atoms with Crippen LogP contribution in [0, 0.1) is 30.1 Å². The van der Waals surface area contributed by atoms with Crippen molar-refractivity contribution < 1.29 is 14.6 Å². The summed E-state index contributed by atoms with van der Waals surface area (Å²) in [5.41, 5.74) is -0.399. The van der Waals surface area contributed by atoms with Gasteiger partial charge in [0.1, 0.15) is 5.60 Å². The number of rotatable bonds is 2. The lowest BCUT2D eigenvalue weighted by molar-refractivity contribution is -0.129. The molecule has 5 atom stereocenters. The Kier molecular flexibility index (Phi) is 3.15. The number of ether oxygens (including phenoxy) is 1. The number of fused-ring (bicyclic) bond motifs is 2. The number of benzene rings is 1. The number of ketones is 1. The molecule has 0 amide bonds. The summed E-state index contributed by atoms with van der Waals surface area (Å²) in [5.74, 6) is 1.64. The van der Waals surface area contributed by atoms with Crippen molar-refractivity contribution in [1.29, 1.82) is 0 Å². The maximum absolute atomic E-state index is 12.7.